The maximum Gasteiger partial charge on any atom is 0.0956 e. The first kappa shape index (κ1) is 12.9. The van der Waals surface area contributed by atoms with Crippen LogP contribution in [0.3, 0.4) is 0 Å². The third-order valence-electron chi connectivity index (χ3n) is 4.10. The maximum atomic E-state index is 10.6. The molecule has 3 heteroatoms. The largest absolute Gasteiger partial charge is 0.396 e. The summed E-state index contributed by atoms with van der Waals surface area (Å²) in [7, 11) is 0. The summed E-state index contributed by atoms with van der Waals surface area (Å²) in [5.41, 5.74) is -1.47. The number of aliphatic hydroxyl groups is 3. The molecule has 0 amide bonds. The Labute approximate surface area is 92.1 Å². The standard InChI is InChI=1S/C12H24O3/c1-9-4-5-12(15,10(14)8-9)11(2,3)6-7-13/h9-10,13-15H,4-8H2,1-3H3/t9-,10+,12+/m1/s1. The first-order valence-corrected chi connectivity index (χ1v) is 5.85. The summed E-state index contributed by atoms with van der Waals surface area (Å²) in [5.74, 6) is 0.477. The van der Waals surface area contributed by atoms with Gasteiger partial charge in [0.15, 0.2) is 0 Å². The van der Waals surface area contributed by atoms with Crippen LogP contribution < -0.4 is 0 Å². The number of rotatable bonds is 3. The van der Waals surface area contributed by atoms with E-state index in [0.717, 1.165) is 6.42 Å². The third kappa shape index (κ3) is 2.35. The Morgan fingerprint density at radius 3 is 2.47 bits per heavy atom. The van der Waals surface area contributed by atoms with Gasteiger partial charge in [-0.2, -0.15) is 0 Å². The molecule has 1 fully saturated rings. The fourth-order valence-corrected chi connectivity index (χ4v) is 2.61. The van der Waals surface area contributed by atoms with E-state index in [1.807, 2.05) is 13.8 Å². The quantitative estimate of drug-likeness (QED) is 0.666. The molecule has 3 nitrogen and oxygen atoms in total. The SMILES string of the molecule is C[C@@H]1CC[C@@](O)(C(C)(C)CCO)[C@@H](O)C1. The molecule has 0 bridgehead atoms. The van der Waals surface area contributed by atoms with Crippen LogP contribution in [0, 0.1) is 11.3 Å². The highest BCUT2D eigenvalue weighted by Gasteiger charge is 2.50. The summed E-state index contributed by atoms with van der Waals surface area (Å²) in [5, 5.41) is 29.6. The molecule has 1 aliphatic carbocycles. The molecule has 0 radical (unpaired) electrons. The van der Waals surface area contributed by atoms with E-state index in [0.29, 0.717) is 25.2 Å². The van der Waals surface area contributed by atoms with Gasteiger partial charge in [-0.25, -0.2) is 0 Å². The molecule has 0 aliphatic heterocycles. The van der Waals surface area contributed by atoms with Crippen molar-refractivity contribution in [3.63, 3.8) is 0 Å². The summed E-state index contributed by atoms with van der Waals surface area (Å²) < 4.78 is 0. The average Bonchev–Trinajstić information content (AvgIpc) is 2.11. The molecule has 0 aromatic rings. The zero-order valence-corrected chi connectivity index (χ0v) is 10.0. The Balaban J connectivity index is 2.80. The number of hydrogen-bond donors (Lipinski definition) is 3. The fraction of sp³-hybridized carbons (Fsp3) is 1.00. The number of hydrogen-bond acceptors (Lipinski definition) is 3. The number of aliphatic hydroxyl groups excluding tert-OH is 2. The van der Waals surface area contributed by atoms with Gasteiger partial charge in [0, 0.05) is 6.61 Å². The minimum atomic E-state index is -1.04. The molecule has 0 aromatic carbocycles. The van der Waals surface area contributed by atoms with Crippen molar-refractivity contribution in [3.05, 3.63) is 0 Å². The normalized spacial score (nSPS) is 38.0. The van der Waals surface area contributed by atoms with Crippen molar-refractivity contribution in [1.82, 2.24) is 0 Å². The molecule has 0 spiro atoms. The minimum absolute atomic E-state index is 0.0532. The maximum absolute atomic E-state index is 10.6. The van der Waals surface area contributed by atoms with Crippen LogP contribution in [0.15, 0.2) is 0 Å². The van der Waals surface area contributed by atoms with Crippen molar-refractivity contribution < 1.29 is 15.3 Å². The molecule has 15 heavy (non-hydrogen) atoms. The smallest absolute Gasteiger partial charge is 0.0956 e. The van der Waals surface area contributed by atoms with E-state index in [4.69, 9.17) is 5.11 Å². The summed E-state index contributed by atoms with van der Waals surface area (Å²) in [6, 6.07) is 0. The van der Waals surface area contributed by atoms with Crippen LogP contribution >= 0.6 is 0 Å². The van der Waals surface area contributed by atoms with Crippen LogP contribution in [0.25, 0.3) is 0 Å². The highest BCUT2D eigenvalue weighted by Crippen LogP contribution is 2.45. The first-order chi connectivity index (χ1) is 6.83. The summed E-state index contributed by atoms with van der Waals surface area (Å²) in [6.45, 7) is 5.99. The molecule has 0 saturated heterocycles. The van der Waals surface area contributed by atoms with Gasteiger partial charge in [-0.1, -0.05) is 20.8 Å². The average molecular weight is 216 g/mol. The predicted octanol–water partition coefficient (Wildman–Crippen LogP) is 1.31. The van der Waals surface area contributed by atoms with Crippen LogP contribution in [0.5, 0.6) is 0 Å². The second-order valence-corrected chi connectivity index (χ2v) is 5.68. The van der Waals surface area contributed by atoms with E-state index in [1.165, 1.54) is 0 Å². The molecule has 0 aromatic heterocycles. The molecule has 90 valence electrons. The van der Waals surface area contributed by atoms with E-state index >= 15 is 0 Å². The van der Waals surface area contributed by atoms with Crippen molar-refractivity contribution >= 4 is 0 Å². The van der Waals surface area contributed by atoms with Crippen LogP contribution in [-0.4, -0.2) is 33.6 Å². The van der Waals surface area contributed by atoms with E-state index in [1.54, 1.807) is 0 Å². The van der Waals surface area contributed by atoms with Crippen LogP contribution in [-0.2, 0) is 0 Å². The van der Waals surface area contributed by atoms with Crippen LogP contribution in [0.2, 0.25) is 0 Å². The van der Waals surface area contributed by atoms with Crippen molar-refractivity contribution in [2.45, 2.75) is 58.2 Å². The van der Waals surface area contributed by atoms with Crippen molar-refractivity contribution in [3.8, 4) is 0 Å². The minimum Gasteiger partial charge on any atom is -0.396 e. The predicted molar refractivity (Wildman–Crippen MR) is 59.5 cm³/mol. The van der Waals surface area contributed by atoms with Gasteiger partial charge in [-0.3, -0.25) is 0 Å². The lowest BCUT2D eigenvalue weighted by Crippen LogP contribution is -2.56. The van der Waals surface area contributed by atoms with E-state index < -0.39 is 17.1 Å². The van der Waals surface area contributed by atoms with Gasteiger partial charge < -0.3 is 15.3 Å². The molecule has 0 unspecified atom stereocenters. The fourth-order valence-electron chi connectivity index (χ4n) is 2.61. The second-order valence-electron chi connectivity index (χ2n) is 5.68. The Morgan fingerprint density at radius 2 is 2.00 bits per heavy atom. The van der Waals surface area contributed by atoms with Crippen molar-refractivity contribution in [2.24, 2.45) is 11.3 Å². The molecule has 3 N–H and O–H groups in total. The second kappa shape index (κ2) is 4.40. The lowest BCUT2D eigenvalue weighted by molar-refractivity contribution is -0.179. The Bertz CT molecular complexity index is 215. The van der Waals surface area contributed by atoms with Gasteiger partial charge in [0.05, 0.1) is 11.7 Å². The molecule has 1 rings (SSSR count). The zero-order chi connectivity index (χ0) is 11.7. The van der Waals surface area contributed by atoms with Gasteiger partial charge in [-0.05, 0) is 37.0 Å². The molecule has 1 aliphatic rings. The lowest BCUT2D eigenvalue weighted by Gasteiger charge is -2.49. The van der Waals surface area contributed by atoms with Gasteiger partial charge in [0.25, 0.3) is 0 Å². The molecule has 3 atom stereocenters. The zero-order valence-electron chi connectivity index (χ0n) is 10.0. The topological polar surface area (TPSA) is 60.7 Å². The molecule has 1 saturated carbocycles. The highest BCUT2D eigenvalue weighted by molar-refractivity contribution is 5.01. The van der Waals surface area contributed by atoms with E-state index in [2.05, 4.69) is 6.92 Å². The van der Waals surface area contributed by atoms with Crippen molar-refractivity contribution in [1.29, 1.82) is 0 Å². The highest BCUT2D eigenvalue weighted by atomic mass is 16.3. The third-order valence-corrected chi connectivity index (χ3v) is 4.10. The lowest BCUT2D eigenvalue weighted by atomic mass is 9.62. The molecular formula is C12H24O3. The van der Waals surface area contributed by atoms with Gasteiger partial charge >= 0.3 is 0 Å². The van der Waals surface area contributed by atoms with Gasteiger partial charge in [0.2, 0.25) is 0 Å². The van der Waals surface area contributed by atoms with Crippen molar-refractivity contribution in [2.75, 3.05) is 6.61 Å². The molecular weight excluding hydrogens is 192 g/mol. The van der Waals surface area contributed by atoms with E-state index in [-0.39, 0.29) is 6.61 Å². The Hall–Kier alpha value is -0.120. The van der Waals surface area contributed by atoms with E-state index in [9.17, 15) is 10.2 Å². The first-order valence-electron chi connectivity index (χ1n) is 5.85. The Kier molecular flexibility index (Phi) is 3.80. The molecule has 0 heterocycles. The van der Waals surface area contributed by atoms with Gasteiger partial charge in [0.1, 0.15) is 0 Å². The van der Waals surface area contributed by atoms with Crippen LogP contribution in [0.4, 0.5) is 0 Å². The monoisotopic (exact) mass is 216 g/mol. The summed E-state index contributed by atoms with van der Waals surface area (Å²) >= 11 is 0. The summed E-state index contributed by atoms with van der Waals surface area (Å²) in [6.07, 6.45) is 2.09. The van der Waals surface area contributed by atoms with Crippen LogP contribution in [0.1, 0.15) is 46.5 Å². The summed E-state index contributed by atoms with van der Waals surface area (Å²) in [4.78, 5) is 0. The Morgan fingerprint density at radius 1 is 1.40 bits per heavy atom. The van der Waals surface area contributed by atoms with Gasteiger partial charge in [-0.15, -0.1) is 0 Å².